The van der Waals surface area contributed by atoms with Gasteiger partial charge in [-0.25, -0.2) is 4.79 Å². The van der Waals surface area contributed by atoms with Crippen molar-refractivity contribution in [2.45, 2.75) is 138 Å². The van der Waals surface area contributed by atoms with Crippen molar-refractivity contribution in [2.24, 2.45) is 5.92 Å². The Balaban J connectivity index is 3.56. The van der Waals surface area contributed by atoms with Crippen molar-refractivity contribution >= 4 is 17.9 Å². The number of alkyl carbamates (subject to hydrolysis) is 1. The topological polar surface area (TPSA) is 87.7 Å². The normalized spacial score (nSPS) is 13.9. The summed E-state index contributed by atoms with van der Waals surface area (Å²) in [5.74, 6) is -0.652. The highest BCUT2D eigenvalue weighted by atomic mass is 16.6. The lowest BCUT2D eigenvalue weighted by molar-refractivity contribution is -0.143. The number of aryl methyl sites for hydroxylation is 2. The van der Waals surface area contributed by atoms with E-state index in [1.54, 1.807) is 25.7 Å². The molecule has 0 aliphatic carbocycles. The molecule has 7 nitrogen and oxygen atoms in total. The van der Waals surface area contributed by atoms with E-state index in [2.05, 4.69) is 24.5 Å². The number of nitrogens with zero attached hydrogens (tertiary/aromatic N) is 1. The SMILES string of the molecule is CCCCCCCN(C(=O)C(NC(=O)OC(C)(C)C)C(C)C)C(C(=O)NC(C)CCC)c1c(C)cccc1C. The summed E-state index contributed by atoms with van der Waals surface area (Å²) in [5, 5.41) is 5.99. The van der Waals surface area contributed by atoms with Gasteiger partial charge in [-0.2, -0.15) is 0 Å². The quantitative estimate of drug-likeness (QED) is 0.232. The molecule has 3 unspecified atom stereocenters. The second-order valence-corrected chi connectivity index (χ2v) is 12.2. The lowest BCUT2D eigenvalue weighted by Crippen LogP contribution is -2.55. The minimum absolute atomic E-state index is 0.0170. The maximum Gasteiger partial charge on any atom is 0.408 e. The van der Waals surface area contributed by atoms with E-state index in [1.807, 2.05) is 52.8 Å². The molecule has 0 radical (unpaired) electrons. The predicted octanol–water partition coefficient (Wildman–Crippen LogP) is 7.00. The number of amides is 3. The number of ether oxygens (including phenoxy) is 1. The smallest absolute Gasteiger partial charge is 0.408 e. The molecule has 0 bridgehead atoms. The molecule has 3 amide bonds. The van der Waals surface area contributed by atoms with Crippen LogP contribution < -0.4 is 10.6 Å². The molecule has 2 N–H and O–H groups in total. The van der Waals surface area contributed by atoms with E-state index in [0.29, 0.717) is 6.54 Å². The molecule has 39 heavy (non-hydrogen) atoms. The van der Waals surface area contributed by atoms with Crippen molar-refractivity contribution < 1.29 is 19.1 Å². The largest absolute Gasteiger partial charge is 0.444 e. The monoisotopic (exact) mass is 545 g/mol. The van der Waals surface area contributed by atoms with Crippen molar-refractivity contribution in [2.75, 3.05) is 6.54 Å². The number of unbranched alkanes of at least 4 members (excludes halogenated alkanes) is 4. The van der Waals surface area contributed by atoms with Crippen molar-refractivity contribution in [1.29, 1.82) is 0 Å². The third-order valence-electron chi connectivity index (χ3n) is 6.88. The van der Waals surface area contributed by atoms with E-state index in [-0.39, 0.29) is 23.8 Å². The first kappa shape index (κ1) is 34.5. The highest BCUT2D eigenvalue weighted by Gasteiger charge is 2.38. The van der Waals surface area contributed by atoms with Gasteiger partial charge in [0.25, 0.3) is 0 Å². The first-order valence-electron chi connectivity index (χ1n) is 14.9. The molecule has 1 aromatic carbocycles. The van der Waals surface area contributed by atoms with Gasteiger partial charge in [0.1, 0.15) is 17.7 Å². The molecule has 0 heterocycles. The van der Waals surface area contributed by atoms with Gasteiger partial charge in [0, 0.05) is 12.6 Å². The summed E-state index contributed by atoms with van der Waals surface area (Å²) in [4.78, 5) is 42.8. The fourth-order valence-electron chi connectivity index (χ4n) is 4.89. The average Bonchev–Trinajstić information content (AvgIpc) is 2.81. The van der Waals surface area contributed by atoms with Crippen LogP contribution in [-0.4, -0.2) is 47.0 Å². The van der Waals surface area contributed by atoms with Crippen molar-refractivity contribution in [3.8, 4) is 0 Å². The Morgan fingerprint density at radius 2 is 1.49 bits per heavy atom. The predicted molar refractivity (Wildman–Crippen MR) is 160 cm³/mol. The number of rotatable bonds is 15. The van der Waals surface area contributed by atoms with Gasteiger partial charge in [0.15, 0.2) is 0 Å². The summed E-state index contributed by atoms with van der Waals surface area (Å²) in [6.45, 7) is 19.8. The molecular formula is C32H55N3O4. The Labute approximate surface area is 237 Å². The van der Waals surface area contributed by atoms with E-state index < -0.39 is 23.8 Å². The highest BCUT2D eigenvalue weighted by molar-refractivity contribution is 5.92. The van der Waals surface area contributed by atoms with E-state index >= 15 is 0 Å². The number of hydrogen-bond donors (Lipinski definition) is 2. The zero-order chi connectivity index (χ0) is 29.8. The Hall–Kier alpha value is -2.57. The summed E-state index contributed by atoms with van der Waals surface area (Å²) in [5.41, 5.74) is 2.08. The van der Waals surface area contributed by atoms with Crippen molar-refractivity contribution in [1.82, 2.24) is 15.5 Å². The Morgan fingerprint density at radius 3 is 2.00 bits per heavy atom. The summed E-state index contributed by atoms with van der Waals surface area (Å²) in [6, 6.07) is 4.30. The third kappa shape index (κ3) is 11.6. The van der Waals surface area contributed by atoms with Crippen LogP contribution in [0.4, 0.5) is 4.79 Å². The van der Waals surface area contributed by atoms with E-state index in [4.69, 9.17) is 4.74 Å². The van der Waals surface area contributed by atoms with Crippen LogP contribution in [0.2, 0.25) is 0 Å². The fourth-order valence-corrected chi connectivity index (χ4v) is 4.89. The molecule has 222 valence electrons. The number of hydrogen-bond acceptors (Lipinski definition) is 4. The molecular weight excluding hydrogens is 490 g/mol. The van der Waals surface area contributed by atoms with Gasteiger partial charge < -0.3 is 20.3 Å². The fraction of sp³-hybridized carbons (Fsp3) is 0.719. The summed E-state index contributed by atoms with van der Waals surface area (Å²) in [6.07, 6.45) is 6.26. The van der Waals surface area contributed by atoms with Crippen molar-refractivity contribution in [3.63, 3.8) is 0 Å². The second-order valence-electron chi connectivity index (χ2n) is 12.2. The zero-order valence-electron chi connectivity index (χ0n) is 26.3. The molecule has 3 atom stereocenters. The van der Waals surface area contributed by atoms with E-state index in [9.17, 15) is 14.4 Å². The summed E-state index contributed by atoms with van der Waals surface area (Å²) >= 11 is 0. The average molecular weight is 546 g/mol. The summed E-state index contributed by atoms with van der Waals surface area (Å²) < 4.78 is 5.48. The van der Waals surface area contributed by atoms with Gasteiger partial charge >= 0.3 is 6.09 Å². The lowest BCUT2D eigenvalue weighted by atomic mass is 9.92. The Bertz CT molecular complexity index is 902. The van der Waals surface area contributed by atoms with Crippen LogP contribution in [0.25, 0.3) is 0 Å². The van der Waals surface area contributed by atoms with Crippen LogP contribution in [0, 0.1) is 19.8 Å². The molecule has 0 fully saturated rings. The molecule has 0 saturated carbocycles. The molecule has 7 heteroatoms. The lowest BCUT2D eigenvalue weighted by Gasteiger charge is -2.37. The number of carbonyl (C=O) groups excluding carboxylic acids is 3. The second kappa shape index (κ2) is 16.5. The molecule has 1 rings (SSSR count). The summed E-state index contributed by atoms with van der Waals surface area (Å²) in [7, 11) is 0. The van der Waals surface area contributed by atoms with Gasteiger partial charge in [-0.3, -0.25) is 9.59 Å². The van der Waals surface area contributed by atoms with E-state index in [0.717, 1.165) is 61.6 Å². The first-order chi connectivity index (χ1) is 18.2. The van der Waals surface area contributed by atoms with E-state index in [1.165, 1.54) is 0 Å². The van der Waals surface area contributed by atoms with Gasteiger partial charge in [0.05, 0.1) is 0 Å². The molecule has 0 saturated heterocycles. The first-order valence-corrected chi connectivity index (χ1v) is 14.9. The molecule has 0 aromatic heterocycles. The van der Waals surface area contributed by atoms with Gasteiger partial charge in [-0.05, 0) is 77.0 Å². The third-order valence-corrected chi connectivity index (χ3v) is 6.88. The zero-order valence-corrected chi connectivity index (χ0v) is 26.3. The Morgan fingerprint density at radius 1 is 0.897 bits per heavy atom. The highest BCUT2D eigenvalue weighted by Crippen LogP contribution is 2.30. The molecule has 0 aliphatic heterocycles. The van der Waals surface area contributed by atoms with Gasteiger partial charge in [-0.15, -0.1) is 0 Å². The molecule has 0 spiro atoms. The molecule has 0 aliphatic rings. The number of benzene rings is 1. The van der Waals surface area contributed by atoms with Crippen LogP contribution in [0.3, 0.4) is 0 Å². The van der Waals surface area contributed by atoms with Crippen molar-refractivity contribution in [3.05, 3.63) is 34.9 Å². The van der Waals surface area contributed by atoms with Crippen LogP contribution in [0.15, 0.2) is 18.2 Å². The van der Waals surface area contributed by atoms with Crippen LogP contribution in [0.1, 0.15) is 123 Å². The van der Waals surface area contributed by atoms with Gasteiger partial charge in [0.2, 0.25) is 11.8 Å². The molecule has 1 aromatic rings. The van der Waals surface area contributed by atoms with Crippen LogP contribution in [-0.2, 0) is 14.3 Å². The number of nitrogens with one attached hydrogen (secondary N) is 2. The van der Waals surface area contributed by atoms with Crippen LogP contribution >= 0.6 is 0 Å². The van der Waals surface area contributed by atoms with Gasteiger partial charge in [-0.1, -0.05) is 78.0 Å². The Kier molecular flexibility index (Phi) is 14.6. The van der Waals surface area contributed by atoms with Crippen LogP contribution in [0.5, 0.6) is 0 Å². The number of carbonyl (C=O) groups is 3. The maximum absolute atomic E-state index is 14.3. The standard InChI is InChI=1S/C32H55N3O4/c1-11-13-14-15-16-21-35(30(37)27(22(3)4)34-31(38)39-32(8,9)10)28(29(36)33-25(7)18-12-2)26-23(5)19-17-20-24(26)6/h17,19-20,22,25,27-28H,11-16,18,21H2,1-10H3,(H,33,36)(H,34,38). The minimum Gasteiger partial charge on any atom is -0.444 e. The minimum atomic E-state index is -0.830. The maximum atomic E-state index is 14.3.